The van der Waals surface area contributed by atoms with Crippen LogP contribution in [0.5, 0.6) is 0 Å². The quantitative estimate of drug-likeness (QED) is 0.433. The van der Waals surface area contributed by atoms with Gasteiger partial charge < -0.3 is 4.74 Å². The van der Waals surface area contributed by atoms with Crippen molar-refractivity contribution in [1.29, 1.82) is 10.5 Å². The van der Waals surface area contributed by atoms with Gasteiger partial charge in [-0.3, -0.25) is 0 Å². The Morgan fingerprint density at radius 3 is 2.12 bits per heavy atom. The predicted molar refractivity (Wildman–Crippen MR) is 138 cm³/mol. The van der Waals surface area contributed by atoms with Gasteiger partial charge in [-0.2, -0.15) is 10.5 Å². The molecule has 1 aromatic carbocycles. The van der Waals surface area contributed by atoms with Crippen LogP contribution in [0.15, 0.2) is 53.0 Å². The Kier molecular flexibility index (Phi) is 6.35. The summed E-state index contributed by atoms with van der Waals surface area (Å²) in [5.41, 5.74) is 6.90. The van der Waals surface area contributed by atoms with E-state index in [2.05, 4.69) is 59.8 Å². The minimum atomic E-state index is 0.114. The lowest BCUT2D eigenvalue weighted by atomic mass is 9.59. The Balaban J connectivity index is 1.75. The van der Waals surface area contributed by atoms with Crippen LogP contribution in [-0.2, 0) is 15.6 Å². The molecule has 34 heavy (non-hydrogen) atoms. The van der Waals surface area contributed by atoms with Crippen molar-refractivity contribution in [3.05, 3.63) is 75.3 Å². The van der Waals surface area contributed by atoms with Crippen molar-refractivity contribution in [1.82, 2.24) is 0 Å². The number of hydrogen-bond donors (Lipinski definition) is 0. The van der Waals surface area contributed by atoms with Crippen LogP contribution < -0.4 is 0 Å². The van der Waals surface area contributed by atoms with Crippen LogP contribution in [0.25, 0.3) is 6.08 Å². The molecule has 3 nitrogen and oxygen atoms in total. The molecular weight excluding hydrogens is 416 g/mol. The lowest BCUT2D eigenvalue weighted by molar-refractivity contribution is 0.287. The summed E-state index contributed by atoms with van der Waals surface area (Å²) in [4.78, 5) is 0. The molecule has 0 saturated heterocycles. The summed E-state index contributed by atoms with van der Waals surface area (Å²) in [5.74, 6) is 2.56. The molecule has 0 unspecified atom stereocenters. The van der Waals surface area contributed by atoms with Crippen LogP contribution in [-0.4, -0.2) is 0 Å². The van der Waals surface area contributed by atoms with Gasteiger partial charge in [0.2, 0.25) is 0 Å². The second-order valence-electron chi connectivity index (χ2n) is 11.8. The van der Waals surface area contributed by atoms with E-state index in [4.69, 9.17) is 4.74 Å². The van der Waals surface area contributed by atoms with Crippen LogP contribution in [0.4, 0.5) is 0 Å². The number of nitrogens with zero attached hydrogens (tertiary/aromatic N) is 2. The smallest absolute Gasteiger partial charge is 0.137 e. The van der Waals surface area contributed by atoms with E-state index in [9.17, 15) is 10.5 Å². The number of hydrogen-bond acceptors (Lipinski definition) is 3. The largest absolute Gasteiger partial charge is 0.462 e. The van der Waals surface area contributed by atoms with Crippen molar-refractivity contribution >= 4 is 6.08 Å². The molecule has 0 amide bonds. The van der Waals surface area contributed by atoms with Crippen molar-refractivity contribution in [3.8, 4) is 12.1 Å². The van der Waals surface area contributed by atoms with Gasteiger partial charge in [-0.05, 0) is 88.8 Å². The van der Waals surface area contributed by atoms with Crippen molar-refractivity contribution in [2.24, 2.45) is 5.92 Å². The highest BCUT2D eigenvalue weighted by Gasteiger charge is 2.40. The number of benzene rings is 1. The van der Waals surface area contributed by atoms with Crippen LogP contribution in [0.2, 0.25) is 0 Å². The standard InChI is InChI=1S/C31H36N2O/c1-20(2)13-26-17-23(24(18-32)19-33)16-25(34-26)8-7-21-14-27-29-22(9-11-30(27,3)4)10-12-31(5,6)28(29)15-21/h7-8,14-17,20,22H,9-13H2,1-6H3/b8-7+. The van der Waals surface area contributed by atoms with Gasteiger partial charge in [0.05, 0.1) is 0 Å². The summed E-state index contributed by atoms with van der Waals surface area (Å²) in [6, 6.07) is 8.79. The van der Waals surface area contributed by atoms with Gasteiger partial charge in [0.25, 0.3) is 0 Å². The Labute approximate surface area is 205 Å². The molecule has 0 radical (unpaired) electrons. The third-order valence-corrected chi connectivity index (χ3v) is 7.73. The average molecular weight is 453 g/mol. The Hall–Kier alpha value is -3.04. The maximum atomic E-state index is 9.39. The molecule has 0 fully saturated rings. The second kappa shape index (κ2) is 8.96. The summed E-state index contributed by atoms with van der Waals surface area (Å²) < 4.78 is 6.15. The lowest BCUT2D eigenvalue weighted by Gasteiger charge is -2.45. The summed E-state index contributed by atoms with van der Waals surface area (Å²) in [5, 5.41) is 18.8. The fourth-order valence-electron chi connectivity index (χ4n) is 5.74. The average Bonchev–Trinajstić information content (AvgIpc) is 2.77. The first kappa shape index (κ1) is 24.1. The van der Waals surface area contributed by atoms with E-state index in [0.29, 0.717) is 23.2 Å². The normalized spacial score (nSPS) is 20.7. The minimum absolute atomic E-state index is 0.114. The molecule has 3 aliphatic rings. The minimum Gasteiger partial charge on any atom is -0.462 e. The van der Waals surface area contributed by atoms with E-state index in [1.54, 1.807) is 11.6 Å². The molecular formula is C31H36N2O. The molecule has 1 heterocycles. The molecule has 0 atom stereocenters. The van der Waals surface area contributed by atoms with Crippen molar-refractivity contribution in [2.75, 3.05) is 0 Å². The van der Waals surface area contributed by atoms with Gasteiger partial charge in [-0.1, -0.05) is 59.8 Å². The summed E-state index contributed by atoms with van der Waals surface area (Å²) in [6.45, 7) is 13.8. The van der Waals surface area contributed by atoms with Gasteiger partial charge in [0, 0.05) is 12.0 Å². The number of nitriles is 2. The van der Waals surface area contributed by atoms with Crippen molar-refractivity contribution in [2.45, 2.75) is 90.4 Å². The van der Waals surface area contributed by atoms with Crippen molar-refractivity contribution < 1.29 is 4.74 Å². The van der Waals surface area contributed by atoms with Crippen LogP contribution in [0, 0.1) is 28.6 Å². The third-order valence-electron chi connectivity index (χ3n) is 7.73. The summed E-state index contributed by atoms with van der Waals surface area (Å²) in [6.07, 6.45) is 13.5. The molecule has 2 aliphatic carbocycles. The maximum Gasteiger partial charge on any atom is 0.137 e. The highest BCUT2D eigenvalue weighted by Crippen LogP contribution is 2.53. The topological polar surface area (TPSA) is 56.8 Å². The van der Waals surface area contributed by atoms with E-state index in [1.165, 1.54) is 42.4 Å². The molecule has 0 N–H and O–H groups in total. The van der Waals surface area contributed by atoms with E-state index in [1.807, 2.05) is 24.3 Å². The first-order valence-corrected chi connectivity index (χ1v) is 12.6. The molecule has 3 heteroatoms. The molecule has 4 rings (SSSR count). The van der Waals surface area contributed by atoms with Gasteiger partial charge in [0.1, 0.15) is 29.2 Å². The van der Waals surface area contributed by atoms with Crippen LogP contribution in [0.3, 0.4) is 0 Å². The Bertz CT molecular complexity index is 1150. The van der Waals surface area contributed by atoms with Crippen molar-refractivity contribution in [3.63, 3.8) is 0 Å². The lowest BCUT2D eigenvalue weighted by Crippen LogP contribution is -2.34. The van der Waals surface area contributed by atoms with Gasteiger partial charge in [-0.25, -0.2) is 0 Å². The highest BCUT2D eigenvalue weighted by atomic mass is 16.5. The van der Waals surface area contributed by atoms with Gasteiger partial charge >= 0.3 is 0 Å². The summed E-state index contributed by atoms with van der Waals surface area (Å²) in [7, 11) is 0. The zero-order valence-electron chi connectivity index (χ0n) is 21.5. The summed E-state index contributed by atoms with van der Waals surface area (Å²) >= 11 is 0. The highest BCUT2D eigenvalue weighted by molar-refractivity contribution is 5.62. The van der Waals surface area contributed by atoms with Gasteiger partial charge in [0.15, 0.2) is 0 Å². The molecule has 0 spiro atoms. The molecule has 1 aromatic rings. The number of allylic oxidation sites excluding steroid dienone is 6. The number of rotatable bonds is 4. The zero-order valence-corrected chi connectivity index (χ0v) is 21.5. The second-order valence-corrected chi connectivity index (χ2v) is 11.8. The predicted octanol–water partition coefficient (Wildman–Crippen LogP) is 8.11. The van der Waals surface area contributed by atoms with E-state index in [0.717, 1.165) is 12.2 Å². The maximum absolute atomic E-state index is 9.39. The van der Waals surface area contributed by atoms with Crippen LogP contribution in [0.1, 0.15) is 102 Å². The zero-order chi connectivity index (χ0) is 24.7. The first-order chi connectivity index (χ1) is 16.0. The fourth-order valence-corrected chi connectivity index (χ4v) is 5.74. The third kappa shape index (κ3) is 4.63. The molecule has 176 valence electrons. The molecule has 1 aliphatic heterocycles. The monoisotopic (exact) mass is 452 g/mol. The van der Waals surface area contributed by atoms with Crippen LogP contribution >= 0.6 is 0 Å². The Morgan fingerprint density at radius 1 is 1.00 bits per heavy atom. The SMILES string of the molecule is CC(C)CC1=CC(=C(C#N)C#N)C=C(/C=C/c2cc3c4c(c2)C(C)(C)CCC4CCC3(C)C)O1. The first-order valence-electron chi connectivity index (χ1n) is 12.6. The van der Waals surface area contributed by atoms with E-state index < -0.39 is 0 Å². The molecule has 0 saturated carbocycles. The van der Waals surface area contributed by atoms with E-state index in [-0.39, 0.29) is 16.4 Å². The molecule has 0 aromatic heterocycles. The Morgan fingerprint density at radius 2 is 1.59 bits per heavy atom. The van der Waals surface area contributed by atoms with E-state index >= 15 is 0 Å². The van der Waals surface area contributed by atoms with Gasteiger partial charge in [-0.15, -0.1) is 0 Å². The molecule has 0 bridgehead atoms. The fraction of sp³-hybridized carbons (Fsp3) is 0.484. The number of ether oxygens (including phenoxy) is 1.